The van der Waals surface area contributed by atoms with E-state index < -0.39 is 5.60 Å². The Labute approximate surface area is 86.2 Å². The molecule has 3 heteroatoms. The molecule has 1 radical (unpaired) electrons. The smallest absolute Gasteiger partial charge is 0.407 e. The van der Waals surface area contributed by atoms with Crippen LogP contribution in [-0.4, -0.2) is 17.7 Å². The van der Waals surface area contributed by atoms with Crippen molar-refractivity contribution in [2.75, 3.05) is 0 Å². The predicted molar refractivity (Wildman–Crippen MR) is 55.9 cm³/mol. The molecule has 81 valence electrons. The molecule has 1 amide bonds. The highest BCUT2D eigenvalue weighted by Crippen LogP contribution is 2.17. The van der Waals surface area contributed by atoms with Crippen LogP contribution in [0, 0.1) is 6.42 Å². The van der Waals surface area contributed by atoms with Crippen LogP contribution in [0.3, 0.4) is 0 Å². The molecular weight excluding hydrogens is 178 g/mol. The Morgan fingerprint density at radius 3 is 2.71 bits per heavy atom. The summed E-state index contributed by atoms with van der Waals surface area (Å²) in [5, 5.41) is 2.88. The minimum Gasteiger partial charge on any atom is -0.444 e. The minimum atomic E-state index is -0.400. The molecule has 3 nitrogen and oxygen atoms in total. The van der Waals surface area contributed by atoms with Crippen LogP contribution in [0.25, 0.3) is 0 Å². The van der Waals surface area contributed by atoms with Gasteiger partial charge in [-0.3, -0.25) is 0 Å². The third kappa shape index (κ3) is 4.49. The topological polar surface area (TPSA) is 38.3 Å². The van der Waals surface area contributed by atoms with Crippen molar-refractivity contribution >= 4 is 6.09 Å². The SMILES string of the molecule is CC(C)(C)OC(=O)N[C@H]1C[CH]CCC1. The van der Waals surface area contributed by atoms with Crippen LogP contribution in [0.2, 0.25) is 0 Å². The number of amides is 1. The van der Waals surface area contributed by atoms with E-state index in [4.69, 9.17) is 4.74 Å². The maximum atomic E-state index is 11.4. The first-order valence-corrected chi connectivity index (χ1v) is 5.28. The summed E-state index contributed by atoms with van der Waals surface area (Å²) >= 11 is 0. The third-order valence-corrected chi connectivity index (χ3v) is 2.13. The van der Waals surface area contributed by atoms with Gasteiger partial charge in [0.05, 0.1) is 0 Å². The van der Waals surface area contributed by atoms with Crippen molar-refractivity contribution in [2.24, 2.45) is 0 Å². The quantitative estimate of drug-likeness (QED) is 0.703. The fourth-order valence-corrected chi connectivity index (χ4v) is 1.55. The van der Waals surface area contributed by atoms with Crippen LogP contribution in [0.5, 0.6) is 0 Å². The van der Waals surface area contributed by atoms with Gasteiger partial charge in [-0.05, 0) is 40.0 Å². The summed E-state index contributed by atoms with van der Waals surface area (Å²) in [5.74, 6) is 0. The lowest BCUT2D eigenvalue weighted by Crippen LogP contribution is -2.40. The summed E-state index contributed by atoms with van der Waals surface area (Å²) in [5.41, 5.74) is -0.400. The molecule has 0 saturated heterocycles. The number of alkyl carbamates (subject to hydrolysis) is 1. The highest BCUT2D eigenvalue weighted by atomic mass is 16.6. The van der Waals surface area contributed by atoms with E-state index >= 15 is 0 Å². The molecule has 14 heavy (non-hydrogen) atoms. The highest BCUT2D eigenvalue weighted by molar-refractivity contribution is 5.68. The second kappa shape index (κ2) is 4.67. The minimum absolute atomic E-state index is 0.276. The van der Waals surface area contributed by atoms with Gasteiger partial charge >= 0.3 is 6.09 Å². The maximum absolute atomic E-state index is 11.4. The molecule has 1 rings (SSSR count). The zero-order valence-electron chi connectivity index (χ0n) is 9.30. The highest BCUT2D eigenvalue weighted by Gasteiger charge is 2.20. The molecule has 0 bridgehead atoms. The normalized spacial score (nSPS) is 19.1. The van der Waals surface area contributed by atoms with Gasteiger partial charge in [0, 0.05) is 6.04 Å². The molecule has 0 aromatic rings. The van der Waals surface area contributed by atoms with Crippen LogP contribution in [-0.2, 0) is 4.74 Å². The number of carbonyl (C=O) groups is 1. The molecule has 0 unspecified atom stereocenters. The zero-order chi connectivity index (χ0) is 10.6. The number of hydrogen-bond donors (Lipinski definition) is 1. The molecule has 0 aliphatic heterocycles. The van der Waals surface area contributed by atoms with Crippen LogP contribution in [0.1, 0.15) is 46.5 Å². The molecule has 1 atom stereocenters. The average Bonchev–Trinajstić information content (AvgIpc) is 2.02. The summed E-state index contributed by atoms with van der Waals surface area (Å²) in [7, 11) is 0. The number of rotatable bonds is 1. The van der Waals surface area contributed by atoms with Crippen molar-refractivity contribution in [1.82, 2.24) is 5.32 Å². The van der Waals surface area contributed by atoms with Crippen molar-refractivity contribution in [3.05, 3.63) is 6.42 Å². The summed E-state index contributed by atoms with van der Waals surface area (Å²) in [6, 6.07) is 0.276. The Morgan fingerprint density at radius 1 is 1.50 bits per heavy atom. The molecule has 0 heterocycles. The fraction of sp³-hybridized carbons (Fsp3) is 0.818. The second-order valence-electron chi connectivity index (χ2n) is 4.80. The van der Waals surface area contributed by atoms with Crippen LogP contribution >= 0.6 is 0 Å². The Hall–Kier alpha value is -0.730. The maximum Gasteiger partial charge on any atom is 0.407 e. The molecule has 1 aliphatic rings. The van der Waals surface area contributed by atoms with Gasteiger partial charge in [-0.1, -0.05) is 12.8 Å². The first-order chi connectivity index (χ1) is 6.47. The van der Waals surface area contributed by atoms with E-state index in [0.29, 0.717) is 0 Å². The van der Waals surface area contributed by atoms with Crippen LogP contribution in [0.15, 0.2) is 0 Å². The molecule has 0 aromatic heterocycles. The Balaban J connectivity index is 2.25. The van der Waals surface area contributed by atoms with Crippen molar-refractivity contribution < 1.29 is 9.53 Å². The van der Waals surface area contributed by atoms with Crippen molar-refractivity contribution in [3.8, 4) is 0 Å². The van der Waals surface area contributed by atoms with Gasteiger partial charge in [-0.15, -0.1) is 0 Å². The van der Waals surface area contributed by atoms with E-state index in [1.54, 1.807) is 0 Å². The molecule has 0 spiro atoms. The van der Waals surface area contributed by atoms with Gasteiger partial charge in [0.1, 0.15) is 5.60 Å². The van der Waals surface area contributed by atoms with Gasteiger partial charge in [0.25, 0.3) is 0 Å². The first kappa shape index (κ1) is 11.3. The van der Waals surface area contributed by atoms with E-state index in [9.17, 15) is 4.79 Å². The average molecular weight is 198 g/mol. The van der Waals surface area contributed by atoms with E-state index in [1.807, 2.05) is 20.8 Å². The molecule has 1 N–H and O–H groups in total. The van der Waals surface area contributed by atoms with Gasteiger partial charge in [-0.2, -0.15) is 0 Å². The molecule has 1 aliphatic carbocycles. The lowest BCUT2D eigenvalue weighted by molar-refractivity contribution is 0.0498. The van der Waals surface area contributed by atoms with Crippen molar-refractivity contribution in [2.45, 2.75) is 58.1 Å². The molecule has 1 saturated carbocycles. The standard InChI is InChI=1S/C11H20NO2/c1-11(2,3)14-10(13)12-9-7-5-4-6-8-9/h5,9H,4,6-8H2,1-3H3,(H,12,13)/t9-/m0/s1. The van der Waals surface area contributed by atoms with Gasteiger partial charge < -0.3 is 10.1 Å². The van der Waals surface area contributed by atoms with Crippen LogP contribution in [0.4, 0.5) is 4.79 Å². The number of hydrogen-bond acceptors (Lipinski definition) is 2. The number of nitrogens with one attached hydrogen (secondary N) is 1. The Morgan fingerprint density at radius 2 is 2.21 bits per heavy atom. The lowest BCUT2D eigenvalue weighted by atomic mass is 9.96. The van der Waals surface area contributed by atoms with E-state index in [2.05, 4.69) is 11.7 Å². The van der Waals surface area contributed by atoms with Gasteiger partial charge in [0.15, 0.2) is 0 Å². The molecular formula is C11H20NO2. The largest absolute Gasteiger partial charge is 0.444 e. The summed E-state index contributed by atoms with van der Waals surface area (Å²) < 4.78 is 5.18. The first-order valence-electron chi connectivity index (χ1n) is 5.28. The number of carbonyl (C=O) groups excluding carboxylic acids is 1. The monoisotopic (exact) mass is 198 g/mol. The van der Waals surface area contributed by atoms with Crippen molar-refractivity contribution in [1.29, 1.82) is 0 Å². The molecule has 1 fully saturated rings. The van der Waals surface area contributed by atoms with E-state index in [0.717, 1.165) is 12.8 Å². The van der Waals surface area contributed by atoms with Gasteiger partial charge in [-0.25, -0.2) is 4.79 Å². The van der Waals surface area contributed by atoms with Crippen molar-refractivity contribution in [3.63, 3.8) is 0 Å². The third-order valence-electron chi connectivity index (χ3n) is 2.13. The Kier molecular flexibility index (Phi) is 3.78. The molecule has 0 aromatic carbocycles. The second-order valence-corrected chi connectivity index (χ2v) is 4.80. The van der Waals surface area contributed by atoms with Crippen LogP contribution < -0.4 is 5.32 Å². The summed E-state index contributed by atoms with van der Waals surface area (Å²) in [4.78, 5) is 11.4. The van der Waals surface area contributed by atoms with E-state index in [1.165, 1.54) is 12.8 Å². The number of ether oxygens (including phenoxy) is 1. The predicted octanol–water partition coefficient (Wildman–Crippen LogP) is 2.66. The lowest BCUT2D eigenvalue weighted by Gasteiger charge is -2.25. The van der Waals surface area contributed by atoms with E-state index in [-0.39, 0.29) is 12.1 Å². The Bertz CT molecular complexity index is 190. The fourth-order valence-electron chi connectivity index (χ4n) is 1.55. The summed E-state index contributed by atoms with van der Waals surface area (Å²) in [6.07, 6.45) is 6.31. The summed E-state index contributed by atoms with van der Waals surface area (Å²) in [6.45, 7) is 5.62. The zero-order valence-corrected chi connectivity index (χ0v) is 9.30. The van der Waals surface area contributed by atoms with Gasteiger partial charge in [0.2, 0.25) is 0 Å².